The zero-order chi connectivity index (χ0) is 23.7. The fourth-order valence-corrected chi connectivity index (χ4v) is 4.21. The number of carbonyl (C=O) groups is 1. The molecular formula is C24H15Cl2FN2O4. The number of allylic oxidation sites excluding steroid dienone is 1. The number of carbonyl (C=O) groups excluding carboxylic acids is 1. The average molecular weight is 485 g/mol. The van der Waals surface area contributed by atoms with E-state index >= 15 is 0 Å². The Morgan fingerprint density at radius 2 is 1.88 bits per heavy atom. The molecule has 0 radical (unpaired) electrons. The Kier molecular flexibility index (Phi) is 6.14. The zero-order valence-electron chi connectivity index (χ0n) is 17.1. The van der Waals surface area contributed by atoms with Crippen LogP contribution in [0.3, 0.4) is 0 Å². The van der Waals surface area contributed by atoms with Crippen molar-refractivity contribution in [2.45, 2.75) is 5.92 Å². The third-order valence-electron chi connectivity index (χ3n) is 5.02. The summed E-state index contributed by atoms with van der Waals surface area (Å²) in [7, 11) is 1.41. The molecule has 9 heteroatoms. The first-order valence-electron chi connectivity index (χ1n) is 9.54. The Morgan fingerprint density at radius 1 is 1.15 bits per heavy atom. The summed E-state index contributed by atoms with van der Waals surface area (Å²) in [5, 5.41) is 9.92. The van der Waals surface area contributed by atoms with E-state index in [1.807, 2.05) is 6.07 Å². The van der Waals surface area contributed by atoms with Crippen molar-refractivity contribution >= 4 is 29.2 Å². The van der Waals surface area contributed by atoms with Crippen LogP contribution in [0.1, 0.15) is 27.4 Å². The summed E-state index contributed by atoms with van der Waals surface area (Å²) in [5.74, 6) is -1.23. The minimum Gasteiger partial charge on any atom is -0.494 e. The van der Waals surface area contributed by atoms with Crippen LogP contribution in [0.5, 0.6) is 17.2 Å². The third kappa shape index (κ3) is 4.31. The summed E-state index contributed by atoms with van der Waals surface area (Å²) >= 11 is 12.2. The van der Waals surface area contributed by atoms with Crippen LogP contribution in [0.4, 0.5) is 4.39 Å². The highest BCUT2D eigenvalue weighted by Gasteiger charge is 2.31. The molecular weight excluding hydrogens is 470 g/mol. The van der Waals surface area contributed by atoms with Crippen molar-refractivity contribution in [1.82, 2.24) is 0 Å². The highest BCUT2D eigenvalue weighted by molar-refractivity contribution is 6.37. The van der Waals surface area contributed by atoms with Crippen LogP contribution in [0.2, 0.25) is 10.0 Å². The second-order valence-electron chi connectivity index (χ2n) is 7.04. The lowest BCUT2D eigenvalue weighted by Gasteiger charge is -2.26. The molecule has 0 aliphatic carbocycles. The van der Waals surface area contributed by atoms with Crippen molar-refractivity contribution in [3.05, 3.63) is 98.6 Å². The number of hydrogen-bond donors (Lipinski definition) is 1. The quantitative estimate of drug-likeness (QED) is 0.383. The van der Waals surface area contributed by atoms with Gasteiger partial charge in [-0.3, -0.25) is 0 Å². The van der Waals surface area contributed by atoms with Gasteiger partial charge in [0.25, 0.3) is 0 Å². The summed E-state index contributed by atoms with van der Waals surface area (Å²) in [6.07, 6.45) is 0. The number of ether oxygens (including phenoxy) is 3. The summed E-state index contributed by atoms with van der Waals surface area (Å²) in [6, 6.07) is 15.3. The molecule has 1 aliphatic heterocycles. The summed E-state index contributed by atoms with van der Waals surface area (Å²) < 4.78 is 30.0. The van der Waals surface area contributed by atoms with E-state index in [4.69, 9.17) is 43.1 Å². The van der Waals surface area contributed by atoms with Crippen LogP contribution in [0, 0.1) is 17.1 Å². The van der Waals surface area contributed by atoms with Gasteiger partial charge in [0.2, 0.25) is 5.88 Å². The second-order valence-corrected chi connectivity index (χ2v) is 7.86. The third-order valence-corrected chi connectivity index (χ3v) is 5.58. The van der Waals surface area contributed by atoms with Gasteiger partial charge < -0.3 is 19.9 Å². The topological polar surface area (TPSA) is 94.6 Å². The number of esters is 1. The minimum atomic E-state index is -0.708. The fourth-order valence-electron chi connectivity index (χ4n) is 3.57. The molecule has 1 heterocycles. The molecule has 0 amide bonds. The number of nitriles is 1. The van der Waals surface area contributed by atoms with E-state index in [0.717, 1.165) is 0 Å². The van der Waals surface area contributed by atoms with Crippen LogP contribution in [-0.2, 0) is 0 Å². The molecule has 0 bridgehead atoms. The van der Waals surface area contributed by atoms with E-state index in [9.17, 15) is 14.4 Å². The highest BCUT2D eigenvalue weighted by Crippen LogP contribution is 2.43. The summed E-state index contributed by atoms with van der Waals surface area (Å²) in [6.45, 7) is 0. The number of nitrogens with two attached hydrogens (primary N) is 1. The molecule has 0 aromatic heterocycles. The van der Waals surface area contributed by atoms with E-state index in [2.05, 4.69) is 0 Å². The zero-order valence-corrected chi connectivity index (χ0v) is 18.6. The van der Waals surface area contributed by atoms with Gasteiger partial charge in [-0.05, 0) is 35.9 Å². The molecule has 1 atom stereocenters. The maximum absolute atomic E-state index is 13.9. The number of nitrogens with zero attached hydrogens (tertiary/aromatic N) is 1. The van der Waals surface area contributed by atoms with Gasteiger partial charge in [-0.25, -0.2) is 9.18 Å². The van der Waals surface area contributed by atoms with Crippen LogP contribution in [0.15, 0.2) is 66.1 Å². The van der Waals surface area contributed by atoms with E-state index in [0.29, 0.717) is 11.1 Å². The number of rotatable bonds is 4. The first-order valence-corrected chi connectivity index (χ1v) is 10.3. The molecule has 4 rings (SSSR count). The van der Waals surface area contributed by atoms with Crippen molar-refractivity contribution in [2.24, 2.45) is 5.73 Å². The predicted molar refractivity (Wildman–Crippen MR) is 120 cm³/mol. The van der Waals surface area contributed by atoms with Crippen molar-refractivity contribution in [1.29, 1.82) is 5.26 Å². The number of hydrogen-bond acceptors (Lipinski definition) is 6. The van der Waals surface area contributed by atoms with Gasteiger partial charge in [0.15, 0.2) is 5.75 Å². The molecule has 1 unspecified atom stereocenters. The van der Waals surface area contributed by atoms with Gasteiger partial charge in [0.1, 0.15) is 29.0 Å². The number of benzene rings is 3. The summed E-state index contributed by atoms with van der Waals surface area (Å²) in [5.41, 5.74) is 7.34. The number of methoxy groups -OCH3 is 1. The Morgan fingerprint density at radius 3 is 2.52 bits per heavy atom. The van der Waals surface area contributed by atoms with Gasteiger partial charge in [-0.15, -0.1) is 0 Å². The van der Waals surface area contributed by atoms with Gasteiger partial charge in [0.05, 0.1) is 28.6 Å². The predicted octanol–water partition coefficient (Wildman–Crippen LogP) is 5.58. The van der Waals surface area contributed by atoms with Crippen molar-refractivity contribution in [2.75, 3.05) is 7.11 Å². The summed E-state index contributed by atoms with van der Waals surface area (Å²) in [4.78, 5) is 12.6. The monoisotopic (exact) mass is 484 g/mol. The lowest BCUT2D eigenvalue weighted by Crippen LogP contribution is -2.21. The normalized spacial score (nSPS) is 14.7. The highest BCUT2D eigenvalue weighted by atomic mass is 35.5. The van der Waals surface area contributed by atoms with Crippen molar-refractivity contribution in [3.63, 3.8) is 0 Å². The SMILES string of the molecule is COc1c(Cl)cc(C(=O)Oc2ccc3c(c2)OC(N)=C(C#N)C3c2cccc(F)c2)cc1Cl. The van der Waals surface area contributed by atoms with Crippen molar-refractivity contribution in [3.8, 4) is 23.3 Å². The standard InChI is InChI=1S/C24H15Cl2FN2O4/c1-31-22-18(25)8-13(9-19(22)26)24(30)32-15-5-6-16-20(10-15)33-23(29)17(11-28)21(16)12-3-2-4-14(27)7-12/h2-10,21H,29H2,1H3. The Hall–Kier alpha value is -3.73. The van der Waals surface area contributed by atoms with Gasteiger partial charge in [0, 0.05) is 11.6 Å². The van der Waals surface area contributed by atoms with E-state index in [1.54, 1.807) is 18.2 Å². The molecule has 6 nitrogen and oxygen atoms in total. The van der Waals surface area contributed by atoms with Gasteiger partial charge in [-0.1, -0.05) is 41.4 Å². The molecule has 3 aromatic carbocycles. The van der Waals surface area contributed by atoms with Crippen molar-refractivity contribution < 1.29 is 23.4 Å². The average Bonchev–Trinajstić information content (AvgIpc) is 2.77. The van der Waals surface area contributed by atoms with E-state index < -0.39 is 17.7 Å². The first-order chi connectivity index (χ1) is 15.8. The molecule has 166 valence electrons. The Bertz CT molecular complexity index is 1330. The van der Waals surface area contributed by atoms with Crippen LogP contribution in [-0.4, -0.2) is 13.1 Å². The molecule has 0 fully saturated rings. The van der Waals surface area contributed by atoms with Crippen LogP contribution in [0.25, 0.3) is 0 Å². The largest absolute Gasteiger partial charge is 0.494 e. The molecule has 0 saturated heterocycles. The number of halogens is 3. The molecule has 33 heavy (non-hydrogen) atoms. The maximum atomic E-state index is 13.9. The Labute approximate surface area is 198 Å². The molecule has 1 aliphatic rings. The van der Waals surface area contributed by atoms with Crippen LogP contribution >= 0.6 is 23.2 Å². The molecule has 2 N–H and O–H groups in total. The lowest BCUT2D eigenvalue weighted by molar-refractivity contribution is 0.0734. The number of fused-ring (bicyclic) bond motifs is 1. The smallest absolute Gasteiger partial charge is 0.343 e. The Balaban J connectivity index is 1.68. The first kappa shape index (κ1) is 22.5. The maximum Gasteiger partial charge on any atom is 0.343 e. The second kappa shape index (κ2) is 9.02. The molecule has 0 saturated carbocycles. The van der Waals surface area contributed by atoms with Gasteiger partial charge in [-0.2, -0.15) is 5.26 Å². The molecule has 0 spiro atoms. The van der Waals surface area contributed by atoms with Crippen LogP contribution < -0.4 is 19.9 Å². The lowest BCUT2D eigenvalue weighted by atomic mass is 9.83. The van der Waals surface area contributed by atoms with E-state index in [-0.39, 0.29) is 44.3 Å². The minimum absolute atomic E-state index is 0.114. The molecule has 3 aromatic rings. The van der Waals surface area contributed by atoms with Gasteiger partial charge >= 0.3 is 5.97 Å². The van der Waals surface area contributed by atoms with E-state index in [1.165, 1.54) is 43.5 Å². The fraction of sp³-hybridized carbons (Fsp3) is 0.0833.